The first kappa shape index (κ1) is 13.9. The first-order valence-corrected chi connectivity index (χ1v) is 8.41. The van der Waals surface area contributed by atoms with Gasteiger partial charge in [0.1, 0.15) is 0 Å². The Labute approximate surface area is 112 Å². The molecule has 1 saturated heterocycles. The Bertz CT molecular complexity index is 493. The van der Waals surface area contributed by atoms with Crippen molar-refractivity contribution in [1.29, 1.82) is 0 Å². The Morgan fingerprint density at radius 3 is 2.56 bits per heavy atom. The minimum absolute atomic E-state index is 0.0740. The van der Waals surface area contributed by atoms with Gasteiger partial charge in [-0.05, 0) is 29.9 Å². The molecule has 1 aromatic rings. The van der Waals surface area contributed by atoms with E-state index in [4.69, 9.17) is 5.11 Å². The predicted octanol–water partition coefficient (Wildman–Crippen LogP) is 1.30. The highest BCUT2D eigenvalue weighted by Gasteiger charge is 2.30. The van der Waals surface area contributed by atoms with E-state index in [0.29, 0.717) is 10.5 Å². The second-order valence-electron chi connectivity index (χ2n) is 4.34. The molecule has 18 heavy (non-hydrogen) atoms. The Morgan fingerprint density at radius 2 is 2.06 bits per heavy atom. The zero-order valence-corrected chi connectivity index (χ0v) is 11.9. The third-order valence-electron chi connectivity index (χ3n) is 3.20. The summed E-state index contributed by atoms with van der Waals surface area (Å²) in [4.78, 5) is 0.291. The molecule has 1 heterocycles. The van der Waals surface area contributed by atoms with E-state index >= 15 is 0 Å². The number of benzene rings is 1. The van der Waals surface area contributed by atoms with Crippen LogP contribution in [0.3, 0.4) is 0 Å². The van der Waals surface area contributed by atoms with Gasteiger partial charge in [0.25, 0.3) is 0 Å². The number of hydrogen-bond donors (Lipinski definition) is 1. The van der Waals surface area contributed by atoms with Gasteiger partial charge >= 0.3 is 0 Å². The van der Waals surface area contributed by atoms with Crippen molar-refractivity contribution < 1.29 is 13.5 Å². The highest BCUT2D eigenvalue weighted by atomic mass is 32.2. The summed E-state index contributed by atoms with van der Waals surface area (Å²) in [6.07, 6.45) is 0.912. The van der Waals surface area contributed by atoms with Crippen molar-refractivity contribution in [2.45, 2.75) is 24.0 Å². The molecular formula is C12H17NO3S2. The predicted molar refractivity (Wildman–Crippen MR) is 73.0 cm³/mol. The van der Waals surface area contributed by atoms with Crippen molar-refractivity contribution in [3.63, 3.8) is 0 Å². The SMILES string of the molecule is CN(C1CCSC1)S(=O)(=O)c1ccc(CO)cc1. The molecule has 0 aromatic heterocycles. The van der Waals surface area contributed by atoms with Gasteiger partial charge in [0.15, 0.2) is 0 Å². The third-order valence-corrected chi connectivity index (χ3v) is 6.27. The van der Waals surface area contributed by atoms with Crippen molar-refractivity contribution in [2.24, 2.45) is 0 Å². The van der Waals surface area contributed by atoms with Crippen LogP contribution in [-0.2, 0) is 16.6 Å². The highest BCUT2D eigenvalue weighted by molar-refractivity contribution is 7.99. The lowest BCUT2D eigenvalue weighted by Crippen LogP contribution is -2.36. The molecule has 0 spiro atoms. The highest BCUT2D eigenvalue weighted by Crippen LogP contribution is 2.26. The minimum atomic E-state index is -3.41. The molecule has 0 radical (unpaired) electrons. The normalized spacial score (nSPS) is 20.5. The summed E-state index contributed by atoms with van der Waals surface area (Å²) in [7, 11) is -1.76. The molecule has 2 rings (SSSR count). The molecule has 100 valence electrons. The quantitative estimate of drug-likeness (QED) is 0.907. The lowest BCUT2D eigenvalue weighted by atomic mass is 10.2. The van der Waals surface area contributed by atoms with Crippen LogP contribution in [0.25, 0.3) is 0 Å². The molecule has 0 bridgehead atoms. The van der Waals surface area contributed by atoms with Crippen LogP contribution in [0.5, 0.6) is 0 Å². The zero-order chi connectivity index (χ0) is 13.2. The second kappa shape index (κ2) is 5.61. The number of thioether (sulfide) groups is 1. The van der Waals surface area contributed by atoms with Gasteiger partial charge < -0.3 is 5.11 Å². The van der Waals surface area contributed by atoms with Crippen LogP contribution in [0.1, 0.15) is 12.0 Å². The van der Waals surface area contributed by atoms with Crippen molar-refractivity contribution >= 4 is 21.8 Å². The van der Waals surface area contributed by atoms with E-state index in [1.165, 1.54) is 4.31 Å². The number of hydrogen-bond acceptors (Lipinski definition) is 4. The smallest absolute Gasteiger partial charge is 0.243 e. The number of sulfonamides is 1. The summed E-state index contributed by atoms with van der Waals surface area (Å²) in [6, 6.07) is 6.49. The molecule has 1 aliphatic heterocycles. The standard InChI is InChI=1S/C12H17NO3S2/c1-13(11-6-7-17-9-11)18(15,16)12-4-2-10(8-14)3-5-12/h2-5,11,14H,6-9H2,1H3. The van der Waals surface area contributed by atoms with E-state index in [9.17, 15) is 8.42 Å². The lowest BCUT2D eigenvalue weighted by Gasteiger charge is -2.23. The fourth-order valence-corrected chi connectivity index (χ4v) is 4.69. The fraction of sp³-hybridized carbons (Fsp3) is 0.500. The Hall–Kier alpha value is -0.560. The van der Waals surface area contributed by atoms with E-state index in [0.717, 1.165) is 17.9 Å². The van der Waals surface area contributed by atoms with E-state index < -0.39 is 10.0 Å². The van der Waals surface area contributed by atoms with Crippen molar-refractivity contribution in [3.05, 3.63) is 29.8 Å². The van der Waals surface area contributed by atoms with Crippen LogP contribution in [0, 0.1) is 0 Å². The molecule has 1 aromatic carbocycles. The Morgan fingerprint density at radius 1 is 1.39 bits per heavy atom. The minimum Gasteiger partial charge on any atom is -0.392 e. The van der Waals surface area contributed by atoms with Gasteiger partial charge in [-0.15, -0.1) is 0 Å². The van der Waals surface area contributed by atoms with Crippen LogP contribution in [0.15, 0.2) is 29.2 Å². The van der Waals surface area contributed by atoms with Gasteiger partial charge in [0.05, 0.1) is 11.5 Å². The van der Waals surface area contributed by atoms with Gasteiger partial charge in [-0.1, -0.05) is 12.1 Å². The Balaban J connectivity index is 2.23. The largest absolute Gasteiger partial charge is 0.392 e. The Kier molecular flexibility index (Phi) is 4.32. The van der Waals surface area contributed by atoms with Crippen LogP contribution >= 0.6 is 11.8 Å². The molecule has 1 N–H and O–H groups in total. The summed E-state index contributed by atoms with van der Waals surface area (Å²) in [5.74, 6) is 1.89. The molecule has 0 saturated carbocycles. The van der Waals surface area contributed by atoms with Crippen LogP contribution in [0.4, 0.5) is 0 Å². The molecule has 1 aliphatic rings. The average Bonchev–Trinajstić information content (AvgIpc) is 2.91. The van der Waals surface area contributed by atoms with Gasteiger partial charge in [0, 0.05) is 18.8 Å². The lowest BCUT2D eigenvalue weighted by molar-refractivity contribution is 0.281. The van der Waals surface area contributed by atoms with Crippen molar-refractivity contribution in [2.75, 3.05) is 18.6 Å². The second-order valence-corrected chi connectivity index (χ2v) is 7.49. The van der Waals surface area contributed by atoms with Gasteiger partial charge in [-0.2, -0.15) is 16.1 Å². The first-order chi connectivity index (χ1) is 8.55. The molecule has 0 amide bonds. The number of aliphatic hydroxyl groups is 1. The molecule has 1 fully saturated rings. The zero-order valence-electron chi connectivity index (χ0n) is 10.2. The molecule has 0 aliphatic carbocycles. The van der Waals surface area contributed by atoms with E-state index in [2.05, 4.69) is 0 Å². The maximum absolute atomic E-state index is 12.4. The van der Waals surface area contributed by atoms with Crippen LogP contribution in [-0.4, -0.2) is 42.4 Å². The summed E-state index contributed by atoms with van der Waals surface area (Å²) >= 11 is 1.79. The molecular weight excluding hydrogens is 270 g/mol. The van der Waals surface area contributed by atoms with E-state index in [1.807, 2.05) is 0 Å². The van der Waals surface area contributed by atoms with E-state index in [1.54, 1.807) is 43.1 Å². The molecule has 4 nitrogen and oxygen atoms in total. The number of rotatable bonds is 4. The van der Waals surface area contributed by atoms with E-state index in [-0.39, 0.29) is 12.6 Å². The van der Waals surface area contributed by atoms with Crippen molar-refractivity contribution in [3.8, 4) is 0 Å². The van der Waals surface area contributed by atoms with Gasteiger partial charge in [-0.25, -0.2) is 8.42 Å². The van der Waals surface area contributed by atoms with Crippen molar-refractivity contribution in [1.82, 2.24) is 4.31 Å². The number of nitrogens with zero attached hydrogens (tertiary/aromatic N) is 1. The molecule has 1 unspecified atom stereocenters. The molecule has 6 heteroatoms. The summed E-state index contributed by atoms with van der Waals surface area (Å²) in [6.45, 7) is -0.0740. The summed E-state index contributed by atoms with van der Waals surface area (Å²) < 4.78 is 26.2. The third kappa shape index (κ3) is 2.71. The van der Waals surface area contributed by atoms with Crippen LogP contribution in [0.2, 0.25) is 0 Å². The van der Waals surface area contributed by atoms with Gasteiger partial charge in [-0.3, -0.25) is 0 Å². The maximum atomic E-state index is 12.4. The summed E-state index contributed by atoms with van der Waals surface area (Å²) in [5, 5.41) is 8.95. The topological polar surface area (TPSA) is 57.6 Å². The first-order valence-electron chi connectivity index (χ1n) is 5.81. The fourth-order valence-electron chi connectivity index (χ4n) is 1.94. The van der Waals surface area contributed by atoms with Gasteiger partial charge in [0.2, 0.25) is 10.0 Å². The average molecular weight is 287 g/mol. The number of aliphatic hydroxyl groups excluding tert-OH is 1. The maximum Gasteiger partial charge on any atom is 0.243 e. The summed E-state index contributed by atoms with van der Waals surface area (Å²) in [5.41, 5.74) is 0.716. The molecule has 1 atom stereocenters. The monoisotopic (exact) mass is 287 g/mol. The van der Waals surface area contributed by atoms with Crippen LogP contribution < -0.4 is 0 Å².